The Bertz CT molecular complexity index is 737. The number of nitrogens with zero attached hydrogens (tertiary/aromatic N) is 2. The maximum Gasteiger partial charge on any atom is 0.256 e. The average molecular weight is 353 g/mol. The quantitative estimate of drug-likeness (QED) is 0.812. The van der Waals surface area contributed by atoms with Crippen molar-refractivity contribution < 1.29 is 0 Å². The molecule has 0 amide bonds. The standard InChI is InChI=1S/C13H13BrN4OS/c14-8-1-2-9(15-5-8)6-18-4-3-11-10(7-18)12(19)17-13(20)16-11/h1-2,5H,3-4,6-7H2,(H2,16,17,19,20). The number of pyridine rings is 1. The Morgan fingerprint density at radius 2 is 2.25 bits per heavy atom. The lowest BCUT2D eigenvalue weighted by atomic mass is 10.1. The summed E-state index contributed by atoms with van der Waals surface area (Å²) in [5, 5.41) is 0. The summed E-state index contributed by atoms with van der Waals surface area (Å²) in [6.07, 6.45) is 2.59. The van der Waals surface area contributed by atoms with E-state index in [2.05, 4.69) is 35.8 Å². The third-order valence-electron chi connectivity index (χ3n) is 3.36. The normalized spacial score (nSPS) is 15.1. The van der Waals surface area contributed by atoms with Gasteiger partial charge in [0.25, 0.3) is 5.56 Å². The molecule has 0 unspecified atom stereocenters. The number of halogens is 1. The highest BCUT2D eigenvalue weighted by Crippen LogP contribution is 2.16. The fraction of sp³-hybridized carbons (Fsp3) is 0.308. The summed E-state index contributed by atoms with van der Waals surface area (Å²) in [6.45, 7) is 2.25. The van der Waals surface area contributed by atoms with Crippen LogP contribution in [0.4, 0.5) is 0 Å². The first-order chi connectivity index (χ1) is 9.61. The summed E-state index contributed by atoms with van der Waals surface area (Å²) in [5.74, 6) is 0. The highest BCUT2D eigenvalue weighted by molar-refractivity contribution is 9.10. The Hall–Kier alpha value is -1.31. The molecular weight excluding hydrogens is 340 g/mol. The van der Waals surface area contributed by atoms with Gasteiger partial charge in [-0.05, 0) is 40.3 Å². The van der Waals surface area contributed by atoms with Crippen molar-refractivity contribution in [3.63, 3.8) is 0 Å². The van der Waals surface area contributed by atoms with Crippen LogP contribution in [-0.4, -0.2) is 26.4 Å². The number of nitrogens with one attached hydrogen (secondary N) is 2. The Morgan fingerprint density at radius 3 is 3.00 bits per heavy atom. The van der Waals surface area contributed by atoms with Crippen LogP contribution in [0.25, 0.3) is 0 Å². The molecule has 0 fully saturated rings. The number of hydrogen-bond donors (Lipinski definition) is 2. The van der Waals surface area contributed by atoms with Gasteiger partial charge in [0.05, 0.1) is 11.3 Å². The molecule has 0 atom stereocenters. The highest BCUT2D eigenvalue weighted by atomic mass is 79.9. The summed E-state index contributed by atoms with van der Waals surface area (Å²) in [7, 11) is 0. The molecule has 0 aliphatic carbocycles. The van der Waals surface area contributed by atoms with E-state index in [-0.39, 0.29) is 5.56 Å². The number of H-pyrrole nitrogens is 2. The van der Waals surface area contributed by atoms with Crippen molar-refractivity contribution in [2.24, 2.45) is 0 Å². The zero-order valence-corrected chi connectivity index (χ0v) is 13.1. The summed E-state index contributed by atoms with van der Waals surface area (Å²) in [4.78, 5) is 24.2. The van der Waals surface area contributed by atoms with Gasteiger partial charge in [-0.2, -0.15) is 0 Å². The van der Waals surface area contributed by atoms with Gasteiger partial charge in [-0.3, -0.25) is 19.7 Å². The number of fused-ring (bicyclic) bond motifs is 1. The lowest BCUT2D eigenvalue weighted by molar-refractivity contribution is 0.239. The van der Waals surface area contributed by atoms with E-state index in [0.29, 0.717) is 11.3 Å². The van der Waals surface area contributed by atoms with Crippen molar-refractivity contribution in [2.45, 2.75) is 19.5 Å². The van der Waals surface area contributed by atoms with E-state index in [9.17, 15) is 4.79 Å². The molecule has 20 heavy (non-hydrogen) atoms. The SMILES string of the molecule is O=c1[nH]c(=S)[nH]c2c1CN(Cc1ccc(Br)cn1)CC2. The van der Waals surface area contributed by atoms with E-state index < -0.39 is 0 Å². The number of hydrogen-bond acceptors (Lipinski definition) is 4. The first-order valence-electron chi connectivity index (χ1n) is 6.29. The van der Waals surface area contributed by atoms with Crippen LogP contribution in [0.1, 0.15) is 17.0 Å². The van der Waals surface area contributed by atoms with Crippen molar-refractivity contribution in [3.05, 3.63) is 54.9 Å². The predicted octanol–water partition coefficient (Wildman–Crippen LogP) is 2.15. The Morgan fingerprint density at radius 1 is 1.40 bits per heavy atom. The molecule has 1 aliphatic heterocycles. The molecule has 0 bridgehead atoms. The molecule has 2 N–H and O–H groups in total. The molecule has 0 spiro atoms. The van der Waals surface area contributed by atoms with Gasteiger partial charge >= 0.3 is 0 Å². The van der Waals surface area contributed by atoms with Gasteiger partial charge in [0, 0.05) is 42.4 Å². The summed E-state index contributed by atoms with van der Waals surface area (Å²) in [5.41, 5.74) is 2.65. The molecule has 2 aromatic heterocycles. The number of aromatic amines is 2. The second-order valence-electron chi connectivity index (χ2n) is 4.79. The fourth-order valence-electron chi connectivity index (χ4n) is 2.38. The summed E-state index contributed by atoms with van der Waals surface area (Å²) >= 11 is 8.37. The number of aromatic nitrogens is 3. The van der Waals surface area contributed by atoms with E-state index >= 15 is 0 Å². The van der Waals surface area contributed by atoms with Gasteiger partial charge in [-0.15, -0.1) is 0 Å². The van der Waals surface area contributed by atoms with E-state index in [0.717, 1.165) is 40.9 Å². The molecular formula is C13H13BrN4OS. The largest absolute Gasteiger partial charge is 0.335 e. The lowest BCUT2D eigenvalue weighted by Gasteiger charge is -2.27. The van der Waals surface area contributed by atoms with E-state index in [4.69, 9.17) is 12.2 Å². The van der Waals surface area contributed by atoms with Crippen LogP contribution >= 0.6 is 28.1 Å². The molecule has 0 aromatic carbocycles. The first kappa shape index (κ1) is 13.7. The van der Waals surface area contributed by atoms with Crippen LogP contribution < -0.4 is 5.56 Å². The second kappa shape index (κ2) is 5.59. The zero-order chi connectivity index (χ0) is 14.1. The molecule has 104 valence electrons. The van der Waals surface area contributed by atoms with Crippen LogP contribution in [-0.2, 0) is 19.5 Å². The monoisotopic (exact) mass is 352 g/mol. The van der Waals surface area contributed by atoms with Crippen molar-refractivity contribution >= 4 is 28.1 Å². The third kappa shape index (κ3) is 2.89. The minimum atomic E-state index is -0.0859. The van der Waals surface area contributed by atoms with E-state index in [1.54, 1.807) is 6.20 Å². The summed E-state index contributed by atoms with van der Waals surface area (Å²) < 4.78 is 1.37. The van der Waals surface area contributed by atoms with Gasteiger partial charge in [0.1, 0.15) is 0 Å². The highest BCUT2D eigenvalue weighted by Gasteiger charge is 2.19. The molecule has 0 radical (unpaired) electrons. The molecule has 3 heterocycles. The van der Waals surface area contributed by atoms with Crippen LogP contribution in [0, 0.1) is 4.77 Å². The molecule has 3 rings (SSSR count). The molecule has 0 saturated heterocycles. The van der Waals surface area contributed by atoms with Gasteiger partial charge in [0.15, 0.2) is 4.77 Å². The van der Waals surface area contributed by atoms with Crippen molar-refractivity contribution in [1.29, 1.82) is 0 Å². The Kier molecular flexibility index (Phi) is 3.82. The van der Waals surface area contributed by atoms with Crippen molar-refractivity contribution in [2.75, 3.05) is 6.54 Å². The fourth-order valence-corrected chi connectivity index (χ4v) is 2.83. The Balaban J connectivity index is 1.80. The predicted molar refractivity (Wildman–Crippen MR) is 82.0 cm³/mol. The molecule has 1 aliphatic rings. The van der Waals surface area contributed by atoms with Crippen LogP contribution in [0.5, 0.6) is 0 Å². The van der Waals surface area contributed by atoms with Gasteiger partial charge < -0.3 is 4.98 Å². The first-order valence-corrected chi connectivity index (χ1v) is 7.49. The molecule has 2 aromatic rings. The zero-order valence-electron chi connectivity index (χ0n) is 10.6. The number of rotatable bonds is 2. The minimum Gasteiger partial charge on any atom is -0.335 e. The smallest absolute Gasteiger partial charge is 0.256 e. The van der Waals surface area contributed by atoms with Crippen molar-refractivity contribution in [1.82, 2.24) is 19.9 Å². The van der Waals surface area contributed by atoms with E-state index in [1.165, 1.54) is 0 Å². The van der Waals surface area contributed by atoms with Crippen LogP contribution in [0.2, 0.25) is 0 Å². The molecule has 5 nitrogen and oxygen atoms in total. The van der Waals surface area contributed by atoms with Gasteiger partial charge in [0.2, 0.25) is 0 Å². The van der Waals surface area contributed by atoms with Crippen LogP contribution in [0.3, 0.4) is 0 Å². The molecule has 7 heteroatoms. The van der Waals surface area contributed by atoms with E-state index in [1.807, 2.05) is 12.1 Å². The van der Waals surface area contributed by atoms with Gasteiger partial charge in [-0.1, -0.05) is 0 Å². The topological polar surface area (TPSA) is 64.8 Å². The maximum absolute atomic E-state index is 11.9. The van der Waals surface area contributed by atoms with Crippen molar-refractivity contribution in [3.8, 4) is 0 Å². The third-order valence-corrected chi connectivity index (χ3v) is 4.04. The second-order valence-corrected chi connectivity index (χ2v) is 6.12. The Labute approximate surface area is 129 Å². The summed E-state index contributed by atoms with van der Waals surface area (Å²) in [6, 6.07) is 3.96. The maximum atomic E-state index is 11.9. The average Bonchev–Trinajstić information content (AvgIpc) is 2.42. The minimum absolute atomic E-state index is 0.0859. The van der Waals surface area contributed by atoms with Gasteiger partial charge in [-0.25, -0.2) is 0 Å². The van der Waals surface area contributed by atoms with Crippen LogP contribution in [0.15, 0.2) is 27.6 Å². The lowest BCUT2D eigenvalue weighted by Crippen LogP contribution is -2.35. The molecule has 0 saturated carbocycles.